The van der Waals surface area contributed by atoms with E-state index in [-0.39, 0.29) is 5.75 Å². The molecule has 0 unspecified atom stereocenters. The fourth-order valence-corrected chi connectivity index (χ4v) is 4.61. The third kappa shape index (κ3) is 2.82. The SMILES string of the molecule is Oc1ccc(-c2ccc3c4cccnc4n(-c4cccc(Br)c4)c3c2)c(Br)c1. The van der Waals surface area contributed by atoms with Gasteiger partial charge >= 0.3 is 0 Å². The molecular formula is C23H14Br2N2O. The number of hydrogen-bond donors (Lipinski definition) is 1. The molecule has 0 aliphatic heterocycles. The second kappa shape index (κ2) is 6.76. The van der Waals surface area contributed by atoms with Crippen LogP contribution in [0.15, 0.2) is 87.9 Å². The van der Waals surface area contributed by atoms with Gasteiger partial charge in [0.15, 0.2) is 0 Å². The van der Waals surface area contributed by atoms with Crippen LogP contribution in [0, 0.1) is 0 Å². The van der Waals surface area contributed by atoms with Gasteiger partial charge < -0.3 is 5.11 Å². The van der Waals surface area contributed by atoms with E-state index in [0.717, 1.165) is 47.7 Å². The van der Waals surface area contributed by atoms with E-state index in [0.29, 0.717) is 0 Å². The average Bonchev–Trinajstić information content (AvgIpc) is 3.01. The van der Waals surface area contributed by atoms with Crippen LogP contribution in [0.25, 0.3) is 38.8 Å². The maximum atomic E-state index is 9.72. The van der Waals surface area contributed by atoms with Crippen molar-refractivity contribution in [2.45, 2.75) is 0 Å². The molecule has 0 bridgehead atoms. The van der Waals surface area contributed by atoms with Crippen LogP contribution in [0.3, 0.4) is 0 Å². The molecule has 0 amide bonds. The molecule has 1 N–H and O–H groups in total. The van der Waals surface area contributed by atoms with Crippen LogP contribution < -0.4 is 0 Å². The second-order valence-electron chi connectivity index (χ2n) is 6.59. The highest BCUT2D eigenvalue weighted by molar-refractivity contribution is 9.10. The van der Waals surface area contributed by atoms with Crippen molar-refractivity contribution in [2.24, 2.45) is 0 Å². The van der Waals surface area contributed by atoms with Gasteiger partial charge in [-0.05, 0) is 65.7 Å². The minimum Gasteiger partial charge on any atom is -0.508 e. The summed E-state index contributed by atoms with van der Waals surface area (Å²) in [6.45, 7) is 0. The Labute approximate surface area is 178 Å². The van der Waals surface area contributed by atoms with Crippen LogP contribution in [0.2, 0.25) is 0 Å². The van der Waals surface area contributed by atoms with Crippen molar-refractivity contribution in [3.8, 4) is 22.6 Å². The van der Waals surface area contributed by atoms with Crippen molar-refractivity contribution in [1.29, 1.82) is 0 Å². The van der Waals surface area contributed by atoms with E-state index in [1.54, 1.807) is 12.1 Å². The summed E-state index contributed by atoms with van der Waals surface area (Å²) in [6, 6.07) is 24.1. The van der Waals surface area contributed by atoms with Crippen molar-refractivity contribution in [3.63, 3.8) is 0 Å². The summed E-state index contributed by atoms with van der Waals surface area (Å²) >= 11 is 7.15. The number of aromatic nitrogens is 2. The first kappa shape index (κ1) is 17.5. The minimum atomic E-state index is 0.240. The number of nitrogens with zero attached hydrogens (tertiary/aromatic N) is 2. The summed E-state index contributed by atoms with van der Waals surface area (Å²) < 4.78 is 4.07. The van der Waals surface area contributed by atoms with Crippen LogP contribution in [0.4, 0.5) is 0 Å². The number of fused-ring (bicyclic) bond motifs is 3. The average molecular weight is 494 g/mol. The molecule has 2 aromatic heterocycles. The zero-order chi connectivity index (χ0) is 19.3. The lowest BCUT2D eigenvalue weighted by molar-refractivity contribution is 0.475. The quantitative estimate of drug-likeness (QED) is 0.285. The fourth-order valence-electron chi connectivity index (χ4n) is 3.63. The third-order valence-corrected chi connectivity index (χ3v) is 6.01. The summed E-state index contributed by atoms with van der Waals surface area (Å²) in [4.78, 5) is 4.66. The van der Waals surface area contributed by atoms with E-state index >= 15 is 0 Å². The van der Waals surface area contributed by atoms with Gasteiger partial charge in [-0.1, -0.05) is 50.1 Å². The van der Waals surface area contributed by atoms with Crippen molar-refractivity contribution in [1.82, 2.24) is 9.55 Å². The molecule has 3 aromatic carbocycles. The van der Waals surface area contributed by atoms with Gasteiger partial charge in [0.1, 0.15) is 11.4 Å². The van der Waals surface area contributed by atoms with E-state index < -0.39 is 0 Å². The standard InChI is InChI=1S/C23H14Br2N2O/c24-15-3-1-4-16(12-15)27-22-11-14(18-9-7-17(28)13-21(18)25)6-8-19(22)20-5-2-10-26-23(20)27/h1-13,28H. The highest BCUT2D eigenvalue weighted by atomic mass is 79.9. The molecule has 0 aliphatic carbocycles. The van der Waals surface area contributed by atoms with Crippen LogP contribution in [0.5, 0.6) is 5.75 Å². The highest BCUT2D eigenvalue weighted by Crippen LogP contribution is 2.37. The molecule has 0 saturated heterocycles. The van der Waals surface area contributed by atoms with Gasteiger partial charge in [-0.25, -0.2) is 4.98 Å². The van der Waals surface area contributed by atoms with Crippen LogP contribution in [-0.4, -0.2) is 14.7 Å². The fraction of sp³-hybridized carbons (Fsp3) is 0. The summed E-state index contributed by atoms with van der Waals surface area (Å²) in [6.07, 6.45) is 1.83. The molecule has 5 aromatic rings. The maximum absolute atomic E-state index is 9.72. The first-order valence-corrected chi connectivity index (χ1v) is 10.3. The van der Waals surface area contributed by atoms with E-state index in [1.165, 1.54) is 0 Å². The smallest absolute Gasteiger partial charge is 0.145 e. The zero-order valence-electron chi connectivity index (χ0n) is 14.6. The normalized spacial score (nSPS) is 11.4. The van der Waals surface area contributed by atoms with Gasteiger partial charge in [0.05, 0.1) is 5.52 Å². The van der Waals surface area contributed by atoms with Crippen molar-refractivity contribution < 1.29 is 5.11 Å². The predicted octanol–water partition coefficient (Wildman–Crippen LogP) is 7.08. The van der Waals surface area contributed by atoms with Crippen molar-refractivity contribution >= 4 is 53.8 Å². The number of halogens is 2. The molecule has 0 fully saturated rings. The maximum Gasteiger partial charge on any atom is 0.145 e. The Morgan fingerprint density at radius 1 is 0.821 bits per heavy atom. The number of aromatic hydroxyl groups is 1. The number of hydrogen-bond acceptors (Lipinski definition) is 2. The van der Waals surface area contributed by atoms with Crippen LogP contribution in [0.1, 0.15) is 0 Å². The molecule has 0 spiro atoms. The van der Waals surface area contributed by atoms with Gasteiger partial charge in [-0.3, -0.25) is 4.57 Å². The molecule has 28 heavy (non-hydrogen) atoms. The van der Waals surface area contributed by atoms with Crippen molar-refractivity contribution in [2.75, 3.05) is 0 Å². The van der Waals surface area contributed by atoms with Crippen LogP contribution >= 0.6 is 31.9 Å². The van der Waals surface area contributed by atoms with Gasteiger partial charge in [0, 0.05) is 31.6 Å². The van der Waals surface area contributed by atoms with E-state index in [9.17, 15) is 5.11 Å². The largest absolute Gasteiger partial charge is 0.508 e. The van der Waals surface area contributed by atoms with Crippen LogP contribution in [-0.2, 0) is 0 Å². The molecule has 3 nitrogen and oxygen atoms in total. The molecule has 0 aliphatic rings. The van der Waals surface area contributed by atoms with Gasteiger partial charge in [-0.2, -0.15) is 0 Å². The second-order valence-corrected chi connectivity index (χ2v) is 8.36. The first-order valence-electron chi connectivity index (χ1n) is 8.76. The molecule has 0 atom stereocenters. The van der Waals surface area contributed by atoms with Gasteiger partial charge in [0.2, 0.25) is 0 Å². The van der Waals surface area contributed by atoms with E-state index in [4.69, 9.17) is 0 Å². The topological polar surface area (TPSA) is 38.1 Å². The zero-order valence-corrected chi connectivity index (χ0v) is 17.8. The van der Waals surface area contributed by atoms with E-state index in [1.807, 2.05) is 30.5 Å². The lowest BCUT2D eigenvalue weighted by atomic mass is 10.0. The third-order valence-electron chi connectivity index (χ3n) is 4.86. The molecular weight excluding hydrogens is 480 g/mol. The monoisotopic (exact) mass is 492 g/mol. The molecule has 0 radical (unpaired) electrons. The summed E-state index contributed by atoms with van der Waals surface area (Å²) in [7, 11) is 0. The van der Waals surface area contributed by atoms with Gasteiger partial charge in [0.25, 0.3) is 0 Å². The Morgan fingerprint density at radius 2 is 1.71 bits per heavy atom. The van der Waals surface area contributed by atoms with E-state index in [2.05, 4.69) is 77.8 Å². The lowest BCUT2D eigenvalue weighted by Crippen LogP contribution is -1.95. The molecule has 5 rings (SSSR count). The number of rotatable bonds is 2. The molecule has 5 heteroatoms. The number of phenolic OH excluding ortho intramolecular Hbond substituents is 1. The molecule has 2 heterocycles. The Balaban J connectivity index is 1.85. The number of pyridine rings is 1. The minimum absolute atomic E-state index is 0.240. The number of benzene rings is 3. The molecule has 136 valence electrons. The highest BCUT2D eigenvalue weighted by Gasteiger charge is 2.15. The van der Waals surface area contributed by atoms with Crippen molar-refractivity contribution in [3.05, 3.63) is 87.9 Å². The number of phenols is 1. The van der Waals surface area contributed by atoms with Gasteiger partial charge in [-0.15, -0.1) is 0 Å². The summed E-state index contributed by atoms with van der Waals surface area (Å²) in [5.41, 5.74) is 5.16. The predicted molar refractivity (Wildman–Crippen MR) is 121 cm³/mol. The lowest BCUT2D eigenvalue weighted by Gasteiger charge is -2.10. The first-order chi connectivity index (χ1) is 13.6. The Hall–Kier alpha value is -2.63. The summed E-state index contributed by atoms with van der Waals surface area (Å²) in [5.74, 6) is 0.240. The summed E-state index contributed by atoms with van der Waals surface area (Å²) in [5, 5.41) is 12.0. The Morgan fingerprint density at radius 3 is 2.54 bits per heavy atom. The Kier molecular flexibility index (Phi) is 4.22. The Bertz CT molecular complexity index is 1360. The molecule has 0 saturated carbocycles.